The zero-order valence-corrected chi connectivity index (χ0v) is 11.8. The second kappa shape index (κ2) is 5.46. The molecule has 0 unspecified atom stereocenters. The SMILES string of the molecule is [CH2]c1c(-c2csc([N+](=O)[O-])c2)cccc1-c1ccccn1. The summed E-state index contributed by atoms with van der Waals surface area (Å²) < 4.78 is 0. The molecular weight excluding hydrogens is 284 g/mol. The Labute approximate surface area is 125 Å². The highest BCUT2D eigenvalue weighted by Crippen LogP contribution is 2.35. The van der Waals surface area contributed by atoms with Crippen molar-refractivity contribution in [3.8, 4) is 22.4 Å². The van der Waals surface area contributed by atoms with E-state index in [4.69, 9.17) is 0 Å². The van der Waals surface area contributed by atoms with Crippen molar-refractivity contribution in [3.63, 3.8) is 0 Å². The van der Waals surface area contributed by atoms with Crippen LogP contribution in [0, 0.1) is 17.0 Å². The van der Waals surface area contributed by atoms with Crippen molar-refractivity contribution in [1.29, 1.82) is 0 Å². The molecule has 0 aliphatic rings. The second-order valence-corrected chi connectivity index (χ2v) is 5.37. The van der Waals surface area contributed by atoms with Crippen molar-refractivity contribution in [2.45, 2.75) is 0 Å². The number of pyridine rings is 1. The Morgan fingerprint density at radius 1 is 1.14 bits per heavy atom. The first-order valence-corrected chi connectivity index (χ1v) is 7.14. The van der Waals surface area contributed by atoms with Crippen LogP contribution in [-0.2, 0) is 0 Å². The van der Waals surface area contributed by atoms with Gasteiger partial charge in [-0.15, -0.1) is 0 Å². The van der Waals surface area contributed by atoms with Crippen LogP contribution in [0.3, 0.4) is 0 Å². The van der Waals surface area contributed by atoms with E-state index in [0.29, 0.717) is 0 Å². The smallest absolute Gasteiger partial charge is 0.258 e. The van der Waals surface area contributed by atoms with E-state index >= 15 is 0 Å². The van der Waals surface area contributed by atoms with Crippen LogP contribution in [0.15, 0.2) is 54.0 Å². The Morgan fingerprint density at radius 2 is 1.95 bits per heavy atom. The van der Waals surface area contributed by atoms with Crippen LogP contribution in [0.25, 0.3) is 22.4 Å². The third kappa shape index (κ3) is 2.55. The fraction of sp³-hybridized carbons (Fsp3) is 0. The number of benzene rings is 1. The van der Waals surface area contributed by atoms with Crippen molar-refractivity contribution in [3.05, 3.63) is 76.6 Å². The fourth-order valence-corrected chi connectivity index (χ4v) is 2.91. The van der Waals surface area contributed by atoms with Gasteiger partial charge in [0.15, 0.2) is 0 Å². The summed E-state index contributed by atoms with van der Waals surface area (Å²) in [5, 5.41) is 12.7. The lowest BCUT2D eigenvalue weighted by Gasteiger charge is -2.09. The predicted octanol–water partition coefficient (Wildman–Crippen LogP) is 4.57. The van der Waals surface area contributed by atoms with Gasteiger partial charge < -0.3 is 0 Å². The zero-order valence-electron chi connectivity index (χ0n) is 11.0. The molecule has 0 saturated heterocycles. The monoisotopic (exact) mass is 295 g/mol. The average molecular weight is 295 g/mol. The summed E-state index contributed by atoms with van der Waals surface area (Å²) >= 11 is 1.12. The highest BCUT2D eigenvalue weighted by Gasteiger charge is 2.14. The number of aromatic nitrogens is 1. The fourth-order valence-electron chi connectivity index (χ4n) is 2.18. The van der Waals surface area contributed by atoms with Gasteiger partial charge in [0, 0.05) is 23.2 Å². The summed E-state index contributed by atoms with van der Waals surface area (Å²) in [7, 11) is 0. The molecule has 0 N–H and O–H groups in total. The summed E-state index contributed by atoms with van der Waals surface area (Å²) in [6.07, 6.45) is 1.73. The standard InChI is InChI=1S/C16H11N2O2S/c1-11-13(12-9-16(18(19)20)21-10-12)5-4-6-14(11)15-7-2-3-8-17-15/h2-10H,1H2. The largest absolute Gasteiger partial charge is 0.324 e. The van der Waals surface area contributed by atoms with Gasteiger partial charge in [-0.05, 0) is 35.7 Å². The Bertz CT molecular complexity index is 797. The highest BCUT2D eigenvalue weighted by atomic mass is 32.1. The van der Waals surface area contributed by atoms with E-state index in [-0.39, 0.29) is 9.92 Å². The summed E-state index contributed by atoms with van der Waals surface area (Å²) in [4.78, 5) is 14.8. The topological polar surface area (TPSA) is 56.0 Å². The Balaban J connectivity index is 2.10. The van der Waals surface area contributed by atoms with Gasteiger partial charge in [-0.3, -0.25) is 15.1 Å². The summed E-state index contributed by atoms with van der Waals surface area (Å²) in [6, 6.07) is 13.1. The minimum absolute atomic E-state index is 0.132. The molecule has 0 aliphatic carbocycles. The summed E-state index contributed by atoms with van der Waals surface area (Å²) in [5.74, 6) is 0. The maximum Gasteiger partial charge on any atom is 0.324 e. The molecule has 2 heterocycles. The van der Waals surface area contributed by atoms with E-state index in [1.165, 1.54) is 0 Å². The van der Waals surface area contributed by atoms with Gasteiger partial charge in [0.05, 0.1) is 10.6 Å². The Hall–Kier alpha value is -2.53. The first-order chi connectivity index (χ1) is 10.2. The molecule has 1 radical (unpaired) electrons. The van der Waals surface area contributed by atoms with Crippen LogP contribution in [0.2, 0.25) is 0 Å². The zero-order chi connectivity index (χ0) is 14.8. The minimum Gasteiger partial charge on any atom is -0.258 e. The van der Waals surface area contributed by atoms with E-state index in [1.807, 2.05) is 36.4 Å². The number of hydrogen-bond acceptors (Lipinski definition) is 4. The minimum atomic E-state index is -0.375. The number of rotatable bonds is 3. The normalized spacial score (nSPS) is 10.5. The molecule has 2 aromatic heterocycles. The van der Waals surface area contributed by atoms with Gasteiger partial charge in [0.1, 0.15) is 0 Å². The second-order valence-electron chi connectivity index (χ2n) is 4.48. The Morgan fingerprint density at radius 3 is 2.62 bits per heavy atom. The molecule has 0 bridgehead atoms. The Kier molecular flexibility index (Phi) is 3.50. The number of nitrogens with zero attached hydrogens (tertiary/aromatic N) is 2. The van der Waals surface area contributed by atoms with Crippen LogP contribution >= 0.6 is 11.3 Å². The third-order valence-corrected chi connectivity index (χ3v) is 4.07. The summed E-state index contributed by atoms with van der Waals surface area (Å²) in [5.41, 5.74) is 4.30. The third-order valence-electron chi connectivity index (χ3n) is 3.19. The van der Waals surface area contributed by atoms with Gasteiger partial charge in [0.2, 0.25) is 0 Å². The van der Waals surface area contributed by atoms with E-state index in [1.54, 1.807) is 17.6 Å². The van der Waals surface area contributed by atoms with Crippen molar-refractivity contribution < 1.29 is 4.92 Å². The van der Waals surface area contributed by atoms with Gasteiger partial charge in [-0.2, -0.15) is 0 Å². The summed E-state index contributed by atoms with van der Waals surface area (Å²) in [6.45, 7) is 4.12. The molecule has 0 saturated carbocycles. The van der Waals surface area contributed by atoms with E-state index in [2.05, 4.69) is 11.9 Å². The lowest BCUT2D eigenvalue weighted by atomic mass is 9.96. The van der Waals surface area contributed by atoms with Crippen molar-refractivity contribution in [2.24, 2.45) is 0 Å². The van der Waals surface area contributed by atoms with Crippen molar-refractivity contribution in [1.82, 2.24) is 4.98 Å². The molecule has 3 aromatic rings. The lowest BCUT2D eigenvalue weighted by molar-refractivity contribution is -0.380. The number of nitro groups is 1. The van der Waals surface area contributed by atoms with E-state index in [9.17, 15) is 10.1 Å². The molecule has 1 aromatic carbocycles. The highest BCUT2D eigenvalue weighted by molar-refractivity contribution is 7.13. The molecule has 4 nitrogen and oxygen atoms in total. The van der Waals surface area contributed by atoms with E-state index in [0.717, 1.165) is 39.3 Å². The first-order valence-electron chi connectivity index (χ1n) is 6.26. The van der Waals surface area contributed by atoms with Gasteiger partial charge >= 0.3 is 5.00 Å². The van der Waals surface area contributed by atoms with E-state index < -0.39 is 0 Å². The van der Waals surface area contributed by atoms with Gasteiger partial charge in [-0.1, -0.05) is 35.6 Å². The van der Waals surface area contributed by atoms with Crippen LogP contribution in [0.4, 0.5) is 5.00 Å². The van der Waals surface area contributed by atoms with Crippen LogP contribution in [-0.4, -0.2) is 9.91 Å². The molecule has 0 aliphatic heterocycles. The lowest BCUT2D eigenvalue weighted by Crippen LogP contribution is -1.89. The molecule has 0 atom stereocenters. The molecule has 3 rings (SSSR count). The molecule has 103 valence electrons. The molecule has 5 heteroatoms. The van der Waals surface area contributed by atoms with Gasteiger partial charge in [0.25, 0.3) is 0 Å². The molecular formula is C16H11N2O2S. The van der Waals surface area contributed by atoms with Crippen LogP contribution in [0.5, 0.6) is 0 Å². The predicted molar refractivity (Wildman–Crippen MR) is 84.1 cm³/mol. The maximum atomic E-state index is 10.8. The number of thiophene rings is 1. The number of hydrogen-bond donors (Lipinski definition) is 0. The van der Waals surface area contributed by atoms with Gasteiger partial charge in [-0.25, -0.2) is 0 Å². The molecule has 21 heavy (non-hydrogen) atoms. The average Bonchev–Trinajstić information content (AvgIpc) is 2.98. The first kappa shape index (κ1) is 13.5. The molecule has 0 amide bonds. The van der Waals surface area contributed by atoms with Crippen molar-refractivity contribution >= 4 is 16.3 Å². The maximum absolute atomic E-state index is 10.8. The quantitative estimate of drug-likeness (QED) is 0.525. The van der Waals surface area contributed by atoms with Crippen LogP contribution < -0.4 is 0 Å². The van der Waals surface area contributed by atoms with Crippen LogP contribution in [0.1, 0.15) is 5.56 Å². The molecule has 0 spiro atoms. The van der Waals surface area contributed by atoms with Crippen molar-refractivity contribution in [2.75, 3.05) is 0 Å². The molecule has 0 fully saturated rings.